The predicted octanol–water partition coefficient (Wildman–Crippen LogP) is 3.30. The van der Waals surface area contributed by atoms with Crippen LogP contribution in [0.1, 0.15) is 52.4 Å². The predicted molar refractivity (Wildman–Crippen MR) is 91.2 cm³/mol. The zero-order chi connectivity index (χ0) is 17.1. The summed E-state index contributed by atoms with van der Waals surface area (Å²) in [7, 11) is 0. The minimum atomic E-state index is -0.299. The molecule has 1 aliphatic heterocycles. The van der Waals surface area contributed by atoms with Gasteiger partial charge in [-0.25, -0.2) is 0 Å². The molecule has 4 rings (SSSR count). The normalized spacial score (nSPS) is 46.5. The number of allylic oxidation sites excluding steroid dienone is 2. The molecule has 2 N–H and O–H groups in total. The average Bonchev–Trinajstić information content (AvgIpc) is 2.70. The van der Waals surface area contributed by atoms with Gasteiger partial charge in [-0.2, -0.15) is 0 Å². The first-order valence-corrected chi connectivity index (χ1v) is 9.27. The molecule has 3 fully saturated rings. The highest BCUT2D eigenvalue weighted by molar-refractivity contribution is 6.02. The molecule has 0 aromatic carbocycles. The van der Waals surface area contributed by atoms with Crippen molar-refractivity contribution in [2.45, 2.75) is 52.4 Å². The maximum atomic E-state index is 12.7. The Labute approximate surface area is 143 Å². The van der Waals surface area contributed by atoms with Crippen LogP contribution in [0.25, 0.3) is 0 Å². The molecule has 130 valence electrons. The van der Waals surface area contributed by atoms with E-state index in [1.165, 1.54) is 5.57 Å². The number of fused-ring (bicyclic) bond motifs is 5. The number of rotatable bonds is 0. The Morgan fingerprint density at radius 2 is 1.96 bits per heavy atom. The van der Waals surface area contributed by atoms with Gasteiger partial charge in [-0.05, 0) is 61.7 Å². The van der Waals surface area contributed by atoms with Gasteiger partial charge in [-0.1, -0.05) is 19.4 Å². The molecular formula is C20H27NO3. The summed E-state index contributed by atoms with van der Waals surface area (Å²) in [6, 6.07) is 0. The first kappa shape index (κ1) is 15.9. The third-order valence-electron chi connectivity index (χ3n) is 7.78. The number of Topliss-reactive ketones (excluding diaryl/α,β-unsaturated/α-hetero) is 1. The van der Waals surface area contributed by atoms with Crippen LogP contribution >= 0.6 is 0 Å². The summed E-state index contributed by atoms with van der Waals surface area (Å²) in [4.78, 5) is 24.7. The van der Waals surface area contributed by atoms with Gasteiger partial charge >= 0.3 is 0 Å². The van der Waals surface area contributed by atoms with E-state index in [9.17, 15) is 14.7 Å². The van der Waals surface area contributed by atoms with E-state index in [0.29, 0.717) is 23.3 Å². The van der Waals surface area contributed by atoms with Crippen LogP contribution in [0, 0.1) is 28.6 Å². The van der Waals surface area contributed by atoms with Crippen LogP contribution in [0.5, 0.6) is 0 Å². The van der Waals surface area contributed by atoms with Gasteiger partial charge in [0.05, 0.1) is 6.26 Å². The molecule has 4 nitrogen and oxygen atoms in total. The van der Waals surface area contributed by atoms with Crippen LogP contribution in [0.4, 0.5) is 0 Å². The van der Waals surface area contributed by atoms with Crippen molar-refractivity contribution in [2.24, 2.45) is 28.6 Å². The highest BCUT2D eigenvalue weighted by Crippen LogP contribution is 2.64. The fourth-order valence-electron chi connectivity index (χ4n) is 6.35. The molecule has 0 spiro atoms. The summed E-state index contributed by atoms with van der Waals surface area (Å²) in [6.07, 6.45) is 8.57. The van der Waals surface area contributed by atoms with Gasteiger partial charge < -0.3 is 10.4 Å². The molecule has 1 amide bonds. The van der Waals surface area contributed by atoms with Crippen molar-refractivity contribution >= 4 is 11.7 Å². The number of ketones is 1. The van der Waals surface area contributed by atoms with E-state index in [0.717, 1.165) is 51.3 Å². The summed E-state index contributed by atoms with van der Waals surface area (Å²) in [6.45, 7) is 5.18. The molecule has 0 saturated heterocycles. The van der Waals surface area contributed by atoms with Crippen LogP contribution in [-0.2, 0) is 9.59 Å². The quantitative estimate of drug-likeness (QED) is 0.529. The molecule has 0 aromatic heterocycles. The fraction of sp³-hybridized carbons (Fsp3) is 0.700. The maximum absolute atomic E-state index is 12.7. The second-order valence-corrected chi connectivity index (χ2v) is 8.69. The van der Waals surface area contributed by atoms with E-state index >= 15 is 0 Å². The molecule has 0 bridgehead atoms. The molecule has 0 unspecified atom stereocenters. The van der Waals surface area contributed by atoms with Crippen LogP contribution in [0.2, 0.25) is 0 Å². The van der Waals surface area contributed by atoms with Gasteiger partial charge in [0.25, 0.3) is 0 Å². The summed E-state index contributed by atoms with van der Waals surface area (Å²) >= 11 is 0. The van der Waals surface area contributed by atoms with Gasteiger partial charge in [0.2, 0.25) is 5.91 Å². The van der Waals surface area contributed by atoms with Gasteiger partial charge in [0.1, 0.15) is 0 Å². The van der Waals surface area contributed by atoms with E-state index in [-0.39, 0.29) is 22.5 Å². The molecule has 4 heteroatoms. The van der Waals surface area contributed by atoms with Crippen molar-refractivity contribution in [1.29, 1.82) is 0 Å². The van der Waals surface area contributed by atoms with Crippen molar-refractivity contribution in [1.82, 2.24) is 5.32 Å². The van der Waals surface area contributed by atoms with E-state index < -0.39 is 0 Å². The van der Waals surface area contributed by atoms with E-state index in [4.69, 9.17) is 0 Å². The van der Waals surface area contributed by atoms with Gasteiger partial charge in [-0.3, -0.25) is 9.59 Å². The number of hydrogen-bond donors (Lipinski definition) is 2. The molecule has 0 aromatic rings. The summed E-state index contributed by atoms with van der Waals surface area (Å²) in [5.41, 5.74) is 1.70. The summed E-state index contributed by atoms with van der Waals surface area (Å²) < 4.78 is 0. The molecular weight excluding hydrogens is 302 g/mol. The first-order valence-electron chi connectivity index (χ1n) is 9.27. The second-order valence-electron chi connectivity index (χ2n) is 8.69. The largest absolute Gasteiger partial charge is 0.515 e. The van der Waals surface area contributed by atoms with Crippen molar-refractivity contribution < 1.29 is 14.7 Å². The van der Waals surface area contributed by atoms with Gasteiger partial charge in [0.15, 0.2) is 5.78 Å². The molecule has 4 aliphatic rings. The van der Waals surface area contributed by atoms with E-state index in [2.05, 4.69) is 19.2 Å². The second kappa shape index (κ2) is 5.21. The molecule has 1 heterocycles. The third-order valence-corrected chi connectivity index (χ3v) is 7.78. The minimum absolute atomic E-state index is 0.0503. The standard InChI is InChI=1S/C20H27NO3/c1-19-7-8-21-17(23)10-13(19)3-4-14-15(19)5-6-20(2)16(14)9-12(11-22)18(20)24/h10-11,14-16,22H,3-9H2,1-2H3,(H,21,23)/b12-11-/t14-,15+,16+,19+,20+/m1/s1. The van der Waals surface area contributed by atoms with E-state index in [1.807, 2.05) is 6.08 Å². The topological polar surface area (TPSA) is 66.4 Å². The lowest BCUT2D eigenvalue weighted by Gasteiger charge is -2.55. The Hall–Kier alpha value is -1.58. The zero-order valence-corrected chi connectivity index (χ0v) is 14.6. The highest BCUT2D eigenvalue weighted by Gasteiger charge is 2.60. The monoisotopic (exact) mass is 329 g/mol. The SMILES string of the molecule is C[C@]12CCNC(=O)C=C1CC[C@@H]1[C@@H]2CC[C@]2(C)C(=O)/C(=C\O)C[C@@H]12. The zero-order valence-electron chi connectivity index (χ0n) is 14.6. The third kappa shape index (κ3) is 1.98. The lowest BCUT2D eigenvalue weighted by atomic mass is 9.48. The molecule has 0 radical (unpaired) electrons. The Kier molecular flexibility index (Phi) is 3.45. The van der Waals surface area contributed by atoms with Crippen molar-refractivity contribution in [3.8, 4) is 0 Å². The molecule has 3 aliphatic carbocycles. The molecule has 24 heavy (non-hydrogen) atoms. The Balaban J connectivity index is 1.71. The van der Waals surface area contributed by atoms with Crippen LogP contribution < -0.4 is 5.32 Å². The van der Waals surface area contributed by atoms with Gasteiger partial charge in [-0.15, -0.1) is 0 Å². The molecule has 3 saturated carbocycles. The van der Waals surface area contributed by atoms with E-state index in [1.54, 1.807) is 0 Å². The first-order chi connectivity index (χ1) is 11.4. The van der Waals surface area contributed by atoms with Crippen LogP contribution in [0.3, 0.4) is 0 Å². The average molecular weight is 329 g/mol. The Morgan fingerprint density at radius 3 is 2.71 bits per heavy atom. The number of amides is 1. The van der Waals surface area contributed by atoms with Crippen LogP contribution in [0.15, 0.2) is 23.5 Å². The van der Waals surface area contributed by atoms with Crippen molar-refractivity contribution in [3.05, 3.63) is 23.5 Å². The Morgan fingerprint density at radius 1 is 1.17 bits per heavy atom. The number of carbonyl (C=O) groups excluding carboxylic acids is 2. The number of nitrogens with one attached hydrogen (secondary N) is 1. The highest BCUT2D eigenvalue weighted by atomic mass is 16.2. The number of carbonyl (C=O) groups is 2. The number of aliphatic hydroxyl groups excluding tert-OH is 1. The lowest BCUT2D eigenvalue weighted by molar-refractivity contribution is -0.130. The fourth-order valence-corrected chi connectivity index (χ4v) is 6.35. The number of hydrogen-bond acceptors (Lipinski definition) is 3. The summed E-state index contributed by atoms with van der Waals surface area (Å²) in [5.74, 6) is 1.61. The van der Waals surface area contributed by atoms with Crippen molar-refractivity contribution in [2.75, 3.05) is 6.54 Å². The summed E-state index contributed by atoms with van der Waals surface area (Å²) in [5, 5.41) is 12.4. The maximum Gasteiger partial charge on any atom is 0.243 e. The molecule has 5 atom stereocenters. The number of aliphatic hydroxyl groups is 1. The van der Waals surface area contributed by atoms with Gasteiger partial charge in [0, 0.05) is 23.6 Å². The van der Waals surface area contributed by atoms with Crippen molar-refractivity contribution in [3.63, 3.8) is 0 Å². The van der Waals surface area contributed by atoms with Crippen LogP contribution in [-0.4, -0.2) is 23.3 Å². The smallest absolute Gasteiger partial charge is 0.243 e. The Bertz CT molecular complexity index is 664. The minimum Gasteiger partial charge on any atom is -0.515 e. The lowest BCUT2D eigenvalue weighted by Crippen LogP contribution is -2.49.